The number of imidazole rings is 1. The molecule has 3 N–H and O–H groups in total. The zero-order valence-corrected chi connectivity index (χ0v) is 11.2. The van der Waals surface area contributed by atoms with E-state index in [1.807, 2.05) is 19.2 Å². The van der Waals surface area contributed by atoms with Gasteiger partial charge in [-0.15, -0.1) is 0 Å². The number of fused-ring (bicyclic) bond motifs is 1. The van der Waals surface area contributed by atoms with E-state index < -0.39 is 0 Å². The summed E-state index contributed by atoms with van der Waals surface area (Å²) < 4.78 is 0. The SMILES string of the molecule is CCNCC(C)NCc1ccnc2nc(C)[nH]c12. The van der Waals surface area contributed by atoms with E-state index in [1.165, 1.54) is 5.56 Å². The number of pyridine rings is 1. The maximum atomic E-state index is 4.34. The lowest BCUT2D eigenvalue weighted by molar-refractivity contribution is 0.509. The number of hydrogen-bond acceptors (Lipinski definition) is 4. The van der Waals surface area contributed by atoms with Crippen molar-refractivity contribution < 1.29 is 0 Å². The minimum atomic E-state index is 0.442. The lowest BCUT2D eigenvalue weighted by Crippen LogP contribution is -2.35. The molecule has 0 aliphatic carbocycles. The highest BCUT2D eigenvalue weighted by Crippen LogP contribution is 2.13. The molecule has 0 spiro atoms. The molecule has 0 bridgehead atoms. The summed E-state index contributed by atoms with van der Waals surface area (Å²) in [5.41, 5.74) is 3.05. The summed E-state index contributed by atoms with van der Waals surface area (Å²) in [5, 5.41) is 6.83. The largest absolute Gasteiger partial charge is 0.341 e. The number of rotatable bonds is 6. The second kappa shape index (κ2) is 5.93. The van der Waals surface area contributed by atoms with Gasteiger partial charge in [0.25, 0.3) is 0 Å². The van der Waals surface area contributed by atoms with Crippen LogP contribution in [0.4, 0.5) is 0 Å². The van der Waals surface area contributed by atoms with Gasteiger partial charge in [0.05, 0.1) is 5.52 Å². The average molecular weight is 247 g/mol. The van der Waals surface area contributed by atoms with Crippen LogP contribution >= 0.6 is 0 Å². The van der Waals surface area contributed by atoms with E-state index in [-0.39, 0.29) is 0 Å². The number of aromatic amines is 1. The van der Waals surface area contributed by atoms with Gasteiger partial charge in [-0.05, 0) is 32.0 Å². The lowest BCUT2D eigenvalue weighted by Gasteiger charge is -2.14. The average Bonchev–Trinajstić information content (AvgIpc) is 2.74. The molecule has 2 heterocycles. The van der Waals surface area contributed by atoms with Crippen molar-refractivity contribution >= 4 is 11.2 Å². The zero-order valence-electron chi connectivity index (χ0n) is 11.2. The highest BCUT2D eigenvalue weighted by atomic mass is 15.0. The third-order valence-corrected chi connectivity index (χ3v) is 2.94. The van der Waals surface area contributed by atoms with Gasteiger partial charge in [-0.3, -0.25) is 0 Å². The summed E-state index contributed by atoms with van der Waals surface area (Å²) in [5.74, 6) is 0.908. The van der Waals surface area contributed by atoms with Gasteiger partial charge < -0.3 is 15.6 Å². The molecule has 0 aliphatic heterocycles. The molecule has 2 aromatic rings. The molecule has 5 heteroatoms. The molecule has 0 amide bonds. The molecule has 5 nitrogen and oxygen atoms in total. The van der Waals surface area contributed by atoms with Gasteiger partial charge in [-0.25, -0.2) is 9.97 Å². The molecule has 0 saturated heterocycles. The Bertz CT molecular complexity index is 505. The smallest absolute Gasteiger partial charge is 0.177 e. The second-order valence-electron chi connectivity index (χ2n) is 4.58. The Morgan fingerprint density at radius 1 is 1.44 bits per heavy atom. The maximum Gasteiger partial charge on any atom is 0.177 e. The molecule has 1 unspecified atom stereocenters. The Hall–Kier alpha value is -1.46. The summed E-state index contributed by atoms with van der Waals surface area (Å²) in [6.45, 7) is 9.06. The lowest BCUT2D eigenvalue weighted by atomic mass is 10.2. The third-order valence-electron chi connectivity index (χ3n) is 2.94. The van der Waals surface area contributed by atoms with Crippen molar-refractivity contribution in [1.82, 2.24) is 25.6 Å². The molecule has 0 aromatic carbocycles. The molecule has 0 fully saturated rings. The van der Waals surface area contributed by atoms with Gasteiger partial charge in [-0.1, -0.05) is 6.92 Å². The summed E-state index contributed by atoms with van der Waals surface area (Å²) in [4.78, 5) is 11.9. The van der Waals surface area contributed by atoms with Crippen LogP contribution < -0.4 is 10.6 Å². The predicted molar refractivity (Wildman–Crippen MR) is 73.5 cm³/mol. The summed E-state index contributed by atoms with van der Waals surface area (Å²) >= 11 is 0. The van der Waals surface area contributed by atoms with E-state index in [0.717, 1.165) is 36.6 Å². The predicted octanol–water partition coefficient (Wildman–Crippen LogP) is 1.35. The van der Waals surface area contributed by atoms with Gasteiger partial charge >= 0.3 is 0 Å². The first-order valence-corrected chi connectivity index (χ1v) is 6.45. The Balaban J connectivity index is 2.03. The van der Waals surface area contributed by atoms with Gasteiger partial charge in [0.15, 0.2) is 5.65 Å². The van der Waals surface area contributed by atoms with Crippen LogP contribution in [0.5, 0.6) is 0 Å². The van der Waals surface area contributed by atoms with E-state index in [9.17, 15) is 0 Å². The minimum Gasteiger partial charge on any atom is -0.341 e. The quantitative estimate of drug-likeness (QED) is 0.721. The minimum absolute atomic E-state index is 0.442. The molecular weight excluding hydrogens is 226 g/mol. The molecule has 0 saturated carbocycles. The van der Waals surface area contributed by atoms with Crippen LogP contribution in [0, 0.1) is 6.92 Å². The van der Waals surface area contributed by atoms with Crippen LogP contribution in [0.1, 0.15) is 25.2 Å². The first-order chi connectivity index (χ1) is 8.70. The summed E-state index contributed by atoms with van der Waals surface area (Å²) in [6.07, 6.45) is 1.81. The fraction of sp³-hybridized carbons (Fsp3) is 0.538. The Morgan fingerprint density at radius 3 is 3.06 bits per heavy atom. The first-order valence-electron chi connectivity index (χ1n) is 6.45. The van der Waals surface area contributed by atoms with Crippen LogP contribution in [-0.4, -0.2) is 34.1 Å². The number of hydrogen-bond donors (Lipinski definition) is 3. The van der Waals surface area contributed by atoms with Crippen LogP contribution in [-0.2, 0) is 6.54 Å². The standard InChI is InChI=1S/C13H21N5/c1-4-14-7-9(2)16-8-11-5-6-15-13-12(11)17-10(3)18-13/h5-6,9,14,16H,4,7-8H2,1-3H3,(H,15,17,18). The molecule has 98 valence electrons. The molecule has 0 aliphatic rings. The Morgan fingerprint density at radius 2 is 2.28 bits per heavy atom. The van der Waals surface area contributed by atoms with Crippen molar-refractivity contribution in [1.29, 1.82) is 0 Å². The van der Waals surface area contributed by atoms with Crippen molar-refractivity contribution in [2.24, 2.45) is 0 Å². The number of likely N-dealkylation sites (N-methyl/N-ethyl adjacent to an activating group) is 1. The fourth-order valence-corrected chi connectivity index (χ4v) is 1.94. The van der Waals surface area contributed by atoms with E-state index >= 15 is 0 Å². The van der Waals surface area contributed by atoms with Gasteiger partial charge in [0.1, 0.15) is 5.82 Å². The van der Waals surface area contributed by atoms with Gasteiger partial charge in [0, 0.05) is 25.3 Å². The van der Waals surface area contributed by atoms with Crippen LogP contribution in [0.25, 0.3) is 11.2 Å². The van der Waals surface area contributed by atoms with Gasteiger partial charge in [-0.2, -0.15) is 0 Å². The second-order valence-corrected chi connectivity index (χ2v) is 4.58. The van der Waals surface area contributed by atoms with E-state index in [0.29, 0.717) is 6.04 Å². The van der Waals surface area contributed by atoms with Crippen LogP contribution in [0.2, 0.25) is 0 Å². The van der Waals surface area contributed by atoms with Crippen molar-refractivity contribution in [3.63, 3.8) is 0 Å². The number of H-pyrrole nitrogens is 1. The van der Waals surface area contributed by atoms with Crippen LogP contribution in [0.15, 0.2) is 12.3 Å². The molecule has 18 heavy (non-hydrogen) atoms. The van der Waals surface area contributed by atoms with Crippen molar-refractivity contribution in [2.75, 3.05) is 13.1 Å². The van der Waals surface area contributed by atoms with Crippen molar-refractivity contribution in [3.8, 4) is 0 Å². The van der Waals surface area contributed by atoms with Crippen molar-refractivity contribution in [3.05, 3.63) is 23.7 Å². The first kappa shape index (κ1) is 13.0. The number of aryl methyl sites for hydroxylation is 1. The summed E-state index contributed by atoms with van der Waals surface area (Å²) in [6, 6.07) is 2.48. The number of aromatic nitrogens is 3. The molecule has 1 atom stereocenters. The Labute approximate surface area is 107 Å². The molecule has 2 aromatic heterocycles. The highest BCUT2D eigenvalue weighted by molar-refractivity contribution is 5.74. The number of nitrogens with zero attached hydrogens (tertiary/aromatic N) is 2. The highest BCUT2D eigenvalue weighted by Gasteiger charge is 2.07. The van der Waals surface area contributed by atoms with Crippen molar-refractivity contribution in [2.45, 2.75) is 33.4 Å². The maximum absolute atomic E-state index is 4.34. The topological polar surface area (TPSA) is 65.6 Å². The number of nitrogens with one attached hydrogen (secondary N) is 3. The Kier molecular flexibility index (Phi) is 4.28. The zero-order chi connectivity index (χ0) is 13.0. The monoisotopic (exact) mass is 247 g/mol. The third kappa shape index (κ3) is 3.05. The fourth-order valence-electron chi connectivity index (χ4n) is 1.94. The molecule has 0 radical (unpaired) electrons. The summed E-state index contributed by atoms with van der Waals surface area (Å²) in [7, 11) is 0. The van der Waals surface area contributed by atoms with E-state index in [4.69, 9.17) is 0 Å². The van der Waals surface area contributed by atoms with E-state index in [1.54, 1.807) is 0 Å². The van der Waals surface area contributed by atoms with E-state index in [2.05, 4.69) is 39.4 Å². The van der Waals surface area contributed by atoms with Crippen LogP contribution in [0.3, 0.4) is 0 Å². The normalized spacial score (nSPS) is 13.1. The molecular formula is C13H21N5. The van der Waals surface area contributed by atoms with Gasteiger partial charge in [0.2, 0.25) is 0 Å². The molecule has 2 rings (SSSR count).